The van der Waals surface area contributed by atoms with Gasteiger partial charge in [0, 0.05) is 81.4 Å². The fourth-order valence-corrected chi connectivity index (χ4v) is 11.3. The molecule has 10 atom stereocenters. The number of nitrogens with zero attached hydrogens (tertiary/aromatic N) is 7. The summed E-state index contributed by atoms with van der Waals surface area (Å²) < 4.78 is 8.32. The van der Waals surface area contributed by atoms with Gasteiger partial charge in [-0.05, 0) is 56.3 Å². The number of aryl methyl sites for hydroxylation is 1. The number of Topliss-reactive ketones (excluding diaryl/α,β-unsaturated/α-hetero) is 1. The number of anilines is 1. The fourth-order valence-electron chi connectivity index (χ4n) is 11.3. The number of amides is 1. The molecule has 7 rings (SSSR count). The molecule has 3 aliphatic carbocycles. The van der Waals surface area contributed by atoms with Gasteiger partial charge in [-0.1, -0.05) is 33.8 Å². The Morgan fingerprint density at radius 2 is 1.80 bits per heavy atom. The maximum atomic E-state index is 13.7. The van der Waals surface area contributed by atoms with E-state index in [0.717, 1.165) is 24.3 Å². The smallest absolute Gasteiger partial charge is 0.320 e. The van der Waals surface area contributed by atoms with E-state index in [1.807, 2.05) is 42.1 Å². The van der Waals surface area contributed by atoms with Crippen molar-refractivity contribution in [3.8, 4) is 0 Å². The van der Waals surface area contributed by atoms with Crippen molar-refractivity contribution in [3.05, 3.63) is 25.3 Å². The van der Waals surface area contributed by atoms with Gasteiger partial charge in [0.25, 0.3) is 0 Å². The van der Waals surface area contributed by atoms with E-state index < -0.39 is 45.9 Å². The molecule has 14 heteroatoms. The monoisotopic (exact) mass is 748 g/mol. The first-order chi connectivity index (χ1) is 25.6. The Hall–Kier alpha value is -3.46. The summed E-state index contributed by atoms with van der Waals surface area (Å²) in [6, 6.07) is 0.204. The summed E-state index contributed by atoms with van der Waals surface area (Å²) in [4.78, 5) is 60.6. The zero-order valence-corrected chi connectivity index (χ0v) is 32.7. The Bertz CT molecular complexity index is 1780. The summed E-state index contributed by atoms with van der Waals surface area (Å²) in [5, 5.41) is 23.6. The van der Waals surface area contributed by atoms with Gasteiger partial charge >= 0.3 is 5.97 Å². The van der Waals surface area contributed by atoms with Crippen LogP contribution in [-0.4, -0.2) is 127 Å². The molecule has 4 heterocycles. The van der Waals surface area contributed by atoms with Crippen LogP contribution >= 0.6 is 0 Å². The van der Waals surface area contributed by atoms with Crippen molar-refractivity contribution in [2.45, 2.75) is 110 Å². The van der Waals surface area contributed by atoms with Crippen molar-refractivity contribution in [1.82, 2.24) is 29.3 Å². The lowest BCUT2D eigenvalue weighted by molar-refractivity contribution is -0.252. The molecule has 2 bridgehead atoms. The summed E-state index contributed by atoms with van der Waals surface area (Å²) in [6.07, 6.45) is 6.95. The van der Waals surface area contributed by atoms with E-state index in [1.165, 1.54) is 0 Å². The second-order valence-electron chi connectivity index (χ2n) is 17.8. The summed E-state index contributed by atoms with van der Waals surface area (Å²) >= 11 is 0. The number of piperazine rings is 1. The highest BCUT2D eigenvalue weighted by molar-refractivity contribution is 5.86. The number of fused-ring (bicyclic) bond motifs is 1. The predicted molar refractivity (Wildman–Crippen MR) is 203 cm³/mol. The van der Waals surface area contributed by atoms with Crippen molar-refractivity contribution in [2.75, 3.05) is 50.7 Å². The second kappa shape index (κ2) is 14.2. The van der Waals surface area contributed by atoms with Crippen LogP contribution in [0.25, 0.3) is 11.2 Å². The van der Waals surface area contributed by atoms with E-state index in [2.05, 4.69) is 33.4 Å². The molecule has 3 saturated carbocycles. The van der Waals surface area contributed by atoms with Gasteiger partial charge in [0.2, 0.25) is 5.91 Å². The normalized spacial score (nSPS) is 38.6. The third-order valence-corrected chi connectivity index (χ3v) is 15.1. The third kappa shape index (κ3) is 6.06. The van der Waals surface area contributed by atoms with Gasteiger partial charge in [0.1, 0.15) is 17.7 Å². The molecule has 0 radical (unpaired) electrons. The molecule has 2 aliphatic heterocycles. The Kier molecular flexibility index (Phi) is 10.2. The average molecular weight is 749 g/mol. The molecule has 2 saturated heterocycles. The molecular formula is C40H60N8O6. The van der Waals surface area contributed by atoms with Crippen molar-refractivity contribution in [1.29, 1.82) is 0 Å². The van der Waals surface area contributed by atoms with Crippen molar-refractivity contribution < 1.29 is 29.3 Å². The number of aliphatic hydroxyl groups excluding tert-OH is 2. The number of hydrogen-bond acceptors (Lipinski definition) is 12. The van der Waals surface area contributed by atoms with Crippen molar-refractivity contribution in [2.24, 2.45) is 39.7 Å². The quantitative estimate of drug-likeness (QED) is 0.253. The lowest BCUT2D eigenvalue weighted by Crippen LogP contribution is -2.69. The van der Waals surface area contributed by atoms with E-state index in [9.17, 15) is 24.6 Å². The van der Waals surface area contributed by atoms with Crippen LogP contribution in [0.1, 0.15) is 79.6 Å². The second-order valence-corrected chi connectivity index (χ2v) is 17.8. The number of aliphatic hydroxyl groups is 2. The Morgan fingerprint density at radius 1 is 1.06 bits per heavy atom. The van der Waals surface area contributed by atoms with Gasteiger partial charge in [0.15, 0.2) is 17.0 Å². The standard InChI is InChI=1S/C40H60N8O6/c1-7-37(4)20-29(50)39(6)33-28(49)8-11-40(33,26(3)34(37)53)13-12-38(39,5)54-31(52)22-45-16-18-46(19-17-45)30(51)10-14-47-24-44-32-35(47)42-23-43-36(32)48-15-9-25(2)27(48)21-41/h7,23-27,29,33-34,50,53H,1,8-22,41H2,2-6H3. The molecule has 14 nitrogen and oxygen atoms in total. The highest BCUT2D eigenvalue weighted by Crippen LogP contribution is 2.69. The zero-order valence-electron chi connectivity index (χ0n) is 32.7. The molecule has 5 fully saturated rings. The van der Waals surface area contributed by atoms with Crippen molar-refractivity contribution >= 4 is 34.6 Å². The summed E-state index contributed by atoms with van der Waals surface area (Å²) in [7, 11) is 0. The number of aromatic nitrogens is 4. The minimum absolute atomic E-state index is 0.0291. The Labute approximate surface area is 318 Å². The summed E-state index contributed by atoms with van der Waals surface area (Å²) in [6.45, 7) is 17.9. The molecule has 5 aliphatic rings. The van der Waals surface area contributed by atoms with E-state index in [4.69, 9.17) is 10.5 Å². The molecule has 2 aromatic heterocycles. The average Bonchev–Trinajstić information content (AvgIpc) is 3.86. The van der Waals surface area contributed by atoms with Crippen LogP contribution in [0.15, 0.2) is 25.3 Å². The predicted octanol–water partition coefficient (Wildman–Crippen LogP) is 2.56. The molecule has 4 N–H and O–H groups in total. The topological polar surface area (TPSA) is 180 Å². The first-order valence-corrected chi connectivity index (χ1v) is 20.0. The first-order valence-electron chi connectivity index (χ1n) is 20.0. The van der Waals surface area contributed by atoms with Crippen molar-refractivity contribution in [3.63, 3.8) is 0 Å². The number of ketones is 1. The maximum Gasteiger partial charge on any atom is 0.320 e. The first kappa shape index (κ1) is 38.8. The van der Waals surface area contributed by atoms with Gasteiger partial charge in [-0.25, -0.2) is 15.0 Å². The highest BCUT2D eigenvalue weighted by Gasteiger charge is 2.72. The molecule has 0 aromatic carbocycles. The van der Waals surface area contributed by atoms with Gasteiger partial charge in [0.05, 0.1) is 25.1 Å². The van der Waals surface area contributed by atoms with Crippen LogP contribution in [0.3, 0.4) is 0 Å². The van der Waals surface area contributed by atoms with Gasteiger partial charge in [-0.3, -0.25) is 19.3 Å². The SMILES string of the molecule is C=CC1(C)CC(O)C2(C)C3C(=O)CCC3(CCC2(C)OC(=O)CN2CCN(C(=O)CCn3cnc4c(N5CCC(C)C5CN)ncnc43)CC2)C(C)C1O. The molecule has 0 spiro atoms. The Morgan fingerprint density at radius 3 is 2.50 bits per heavy atom. The molecule has 1 amide bonds. The number of carbonyl (C=O) groups excluding carboxylic acids is 3. The summed E-state index contributed by atoms with van der Waals surface area (Å²) in [5.74, 6) is 0.236. The van der Waals surface area contributed by atoms with Gasteiger partial charge in [-0.15, -0.1) is 6.58 Å². The minimum Gasteiger partial charge on any atom is -0.458 e. The van der Waals surface area contributed by atoms with E-state index in [0.29, 0.717) is 82.9 Å². The fraction of sp³-hybridized carbons (Fsp3) is 0.750. The number of esters is 1. The minimum atomic E-state index is -1.10. The van der Waals surface area contributed by atoms with E-state index >= 15 is 0 Å². The van der Waals surface area contributed by atoms with E-state index in [1.54, 1.807) is 18.7 Å². The van der Waals surface area contributed by atoms with Crippen LogP contribution in [0.5, 0.6) is 0 Å². The van der Waals surface area contributed by atoms with Crippen LogP contribution < -0.4 is 10.6 Å². The van der Waals surface area contributed by atoms with Crippen LogP contribution in [0.2, 0.25) is 0 Å². The number of rotatable bonds is 9. The van der Waals surface area contributed by atoms with Gasteiger partial charge in [-0.2, -0.15) is 0 Å². The maximum absolute atomic E-state index is 13.7. The Balaban J connectivity index is 0.965. The van der Waals surface area contributed by atoms with E-state index in [-0.39, 0.29) is 36.6 Å². The van der Waals surface area contributed by atoms with Crippen LogP contribution in [0.4, 0.5) is 5.82 Å². The van der Waals surface area contributed by atoms with Crippen LogP contribution in [-0.2, 0) is 25.7 Å². The third-order valence-electron chi connectivity index (χ3n) is 15.1. The highest BCUT2D eigenvalue weighted by atomic mass is 16.6. The summed E-state index contributed by atoms with van der Waals surface area (Å²) in [5.41, 5.74) is 4.10. The number of ether oxygens (including phenoxy) is 1. The lowest BCUT2D eigenvalue weighted by atomic mass is 9.42. The number of nitrogens with two attached hydrogens (primary N) is 1. The zero-order chi connectivity index (χ0) is 38.8. The molecular weight excluding hydrogens is 688 g/mol. The molecule has 54 heavy (non-hydrogen) atoms. The largest absolute Gasteiger partial charge is 0.458 e. The number of hydrogen-bond donors (Lipinski definition) is 3. The number of imidazole rings is 1. The number of carbonyl (C=O) groups is 3. The molecule has 10 unspecified atom stereocenters. The molecule has 2 aromatic rings. The molecule has 296 valence electrons. The van der Waals surface area contributed by atoms with Gasteiger partial charge < -0.3 is 35.1 Å². The lowest BCUT2D eigenvalue weighted by Gasteiger charge is -2.64. The van der Waals surface area contributed by atoms with Crippen LogP contribution in [0, 0.1) is 34.0 Å².